The number of benzene rings is 2. The fourth-order valence-electron chi connectivity index (χ4n) is 2.75. The van der Waals surface area contributed by atoms with Crippen LogP contribution in [0.1, 0.15) is 28.3 Å². The van der Waals surface area contributed by atoms with E-state index in [0.717, 1.165) is 22.3 Å². The molecular formula is C21H20N2O. The molecule has 3 heteroatoms. The number of hydrogen-bond donors (Lipinski definition) is 1. The maximum Gasteiger partial charge on any atom is 0.225 e. The van der Waals surface area contributed by atoms with Gasteiger partial charge >= 0.3 is 0 Å². The Morgan fingerprint density at radius 2 is 1.54 bits per heavy atom. The Hall–Kier alpha value is -2.94. The second-order valence-corrected chi connectivity index (χ2v) is 5.80. The Morgan fingerprint density at radius 1 is 0.917 bits per heavy atom. The molecule has 0 fully saturated rings. The largest absolute Gasteiger partial charge is 0.345 e. The van der Waals surface area contributed by atoms with Gasteiger partial charge in [0, 0.05) is 12.4 Å². The van der Waals surface area contributed by atoms with Crippen molar-refractivity contribution in [2.24, 2.45) is 0 Å². The first-order valence-corrected chi connectivity index (χ1v) is 8.03. The van der Waals surface area contributed by atoms with Crippen LogP contribution >= 0.6 is 0 Å². The van der Waals surface area contributed by atoms with Crippen LogP contribution in [0.5, 0.6) is 0 Å². The van der Waals surface area contributed by atoms with Gasteiger partial charge in [-0.2, -0.15) is 0 Å². The predicted molar refractivity (Wildman–Crippen MR) is 95.5 cm³/mol. The van der Waals surface area contributed by atoms with Crippen LogP contribution in [0.15, 0.2) is 79.1 Å². The normalized spacial score (nSPS) is 11.7. The summed E-state index contributed by atoms with van der Waals surface area (Å²) in [6.07, 6.45) is 3.87. The van der Waals surface area contributed by atoms with E-state index in [-0.39, 0.29) is 11.9 Å². The van der Waals surface area contributed by atoms with E-state index in [1.165, 1.54) is 0 Å². The number of aromatic nitrogens is 1. The number of carbonyl (C=O) groups is 1. The van der Waals surface area contributed by atoms with Crippen molar-refractivity contribution >= 4 is 5.91 Å². The highest BCUT2D eigenvalue weighted by molar-refractivity contribution is 5.79. The highest BCUT2D eigenvalue weighted by Crippen LogP contribution is 2.21. The first-order chi connectivity index (χ1) is 11.7. The standard InChI is InChI=1S/C21H20N2O/c1-16-7-5-6-10-19(16)15-20(24)23-21(17-8-3-2-4-9-17)18-11-13-22-14-12-18/h2-14,21H,15H2,1H3,(H,23,24). The van der Waals surface area contributed by atoms with E-state index >= 15 is 0 Å². The number of carbonyl (C=O) groups excluding carboxylic acids is 1. The molecule has 1 heterocycles. The Morgan fingerprint density at radius 3 is 2.25 bits per heavy atom. The molecule has 1 N–H and O–H groups in total. The first kappa shape index (κ1) is 15.9. The van der Waals surface area contributed by atoms with Crippen molar-refractivity contribution in [1.82, 2.24) is 10.3 Å². The van der Waals surface area contributed by atoms with Crippen LogP contribution in [0.4, 0.5) is 0 Å². The molecule has 24 heavy (non-hydrogen) atoms. The van der Waals surface area contributed by atoms with E-state index in [1.807, 2.05) is 73.7 Å². The van der Waals surface area contributed by atoms with E-state index in [1.54, 1.807) is 12.4 Å². The Balaban J connectivity index is 1.82. The molecule has 0 spiro atoms. The third-order valence-electron chi connectivity index (χ3n) is 4.09. The zero-order chi connectivity index (χ0) is 16.8. The Labute approximate surface area is 142 Å². The highest BCUT2D eigenvalue weighted by Gasteiger charge is 2.17. The van der Waals surface area contributed by atoms with Crippen LogP contribution < -0.4 is 5.32 Å². The Kier molecular flexibility index (Phi) is 5.02. The molecule has 1 aromatic heterocycles. The fourth-order valence-corrected chi connectivity index (χ4v) is 2.75. The average molecular weight is 316 g/mol. The summed E-state index contributed by atoms with van der Waals surface area (Å²) in [5.74, 6) is 0.00923. The molecule has 1 amide bonds. The summed E-state index contributed by atoms with van der Waals surface area (Å²) >= 11 is 0. The minimum absolute atomic E-state index is 0.00923. The lowest BCUT2D eigenvalue weighted by atomic mass is 9.99. The van der Waals surface area contributed by atoms with Crippen molar-refractivity contribution in [2.75, 3.05) is 0 Å². The van der Waals surface area contributed by atoms with Gasteiger partial charge in [-0.15, -0.1) is 0 Å². The van der Waals surface area contributed by atoms with E-state index < -0.39 is 0 Å². The van der Waals surface area contributed by atoms with Crippen LogP contribution in [-0.2, 0) is 11.2 Å². The predicted octanol–water partition coefficient (Wildman–Crippen LogP) is 3.84. The minimum atomic E-state index is -0.175. The highest BCUT2D eigenvalue weighted by atomic mass is 16.1. The van der Waals surface area contributed by atoms with Crippen LogP contribution in [0.2, 0.25) is 0 Å². The van der Waals surface area contributed by atoms with Gasteiger partial charge in [0.2, 0.25) is 5.91 Å². The second-order valence-electron chi connectivity index (χ2n) is 5.80. The van der Waals surface area contributed by atoms with Crippen molar-refractivity contribution in [3.8, 4) is 0 Å². The van der Waals surface area contributed by atoms with Crippen molar-refractivity contribution in [3.05, 3.63) is 101 Å². The topological polar surface area (TPSA) is 42.0 Å². The van der Waals surface area contributed by atoms with Crippen molar-refractivity contribution in [3.63, 3.8) is 0 Å². The number of hydrogen-bond acceptors (Lipinski definition) is 2. The van der Waals surface area contributed by atoms with Gasteiger partial charge in [-0.1, -0.05) is 54.6 Å². The molecule has 1 atom stereocenters. The molecule has 2 aromatic carbocycles. The SMILES string of the molecule is Cc1ccccc1CC(=O)NC(c1ccccc1)c1ccncc1. The van der Waals surface area contributed by atoms with Gasteiger partial charge in [0.05, 0.1) is 12.5 Å². The Bertz CT molecular complexity index is 761. The molecule has 3 nitrogen and oxygen atoms in total. The van der Waals surface area contributed by atoms with Gasteiger partial charge in [0.25, 0.3) is 0 Å². The maximum atomic E-state index is 12.6. The van der Waals surface area contributed by atoms with E-state index in [9.17, 15) is 4.79 Å². The lowest BCUT2D eigenvalue weighted by Gasteiger charge is -2.20. The second kappa shape index (κ2) is 7.55. The van der Waals surface area contributed by atoms with Crippen molar-refractivity contribution in [1.29, 1.82) is 0 Å². The van der Waals surface area contributed by atoms with E-state index in [2.05, 4.69) is 10.3 Å². The number of rotatable bonds is 5. The minimum Gasteiger partial charge on any atom is -0.345 e. The number of amides is 1. The average Bonchev–Trinajstić information content (AvgIpc) is 2.63. The van der Waals surface area contributed by atoms with Crippen molar-refractivity contribution < 1.29 is 4.79 Å². The van der Waals surface area contributed by atoms with Crippen LogP contribution in [0.25, 0.3) is 0 Å². The van der Waals surface area contributed by atoms with Gasteiger partial charge in [-0.05, 0) is 41.3 Å². The molecule has 0 aliphatic carbocycles. The molecule has 3 aromatic rings. The molecule has 1 unspecified atom stereocenters. The zero-order valence-electron chi connectivity index (χ0n) is 13.6. The van der Waals surface area contributed by atoms with E-state index in [4.69, 9.17) is 0 Å². The van der Waals surface area contributed by atoms with Crippen LogP contribution in [0, 0.1) is 6.92 Å². The summed E-state index contributed by atoms with van der Waals surface area (Å²) in [6.45, 7) is 2.03. The summed E-state index contributed by atoms with van der Waals surface area (Å²) in [5, 5.41) is 3.16. The fraction of sp³-hybridized carbons (Fsp3) is 0.143. The quantitative estimate of drug-likeness (QED) is 0.777. The molecule has 120 valence electrons. The van der Waals surface area contributed by atoms with Crippen molar-refractivity contribution in [2.45, 2.75) is 19.4 Å². The zero-order valence-corrected chi connectivity index (χ0v) is 13.6. The summed E-state index contributed by atoms with van der Waals surface area (Å²) < 4.78 is 0. The third kappa shape index (κ3) is 3.87. The van der Waals surface area contributed by atoms with Gasteiger partial charge in [0.15, 0.2) is 0 Å². The maximum absolute atomic E-state index is 12.6. The summed E-state index contributed by atoms with van der Waals surface area (Å²) in [4.78, 5) is 16.7. The molecule has 0 aliphatic heterocycles. The van der Waals surface area contributed by atoms with Gasteiger partial charge < -0.3 is 5.32 Å². The number of nitrogens with zero attached hydrogens (tertiary/aromatic N) is 1. The molecular weight excluding hydrogens is 296 g/mol. The number of aryl methyl sites for hydroxylation is 1. The van der Waals surface area contributed by atoms with Crippen LogP contribution in [0.3, 0.4) is 0 Å². The monoisotopic (exact) mass is 316 g/mol. The first-order valence-electron chi connectivity index (χ1n) is 8.03. The molecule has 0 bridgehead atoms. The lowest BCUT2D eigenvalue weighted by molar-refractivity contribution is -0.120. The number of pyridine rings is 1. The number of nitrogens with one attached hydrogen (secondary N) is 1. The van der Waals surface area contributed by atoms with Gasteiger partial charge in [-0.3, -0.25) is 9.78 Å². The van der Waals surface area contributed by atoms with Crippen LogP contribution in [-0.4, -0.2) is 10.9 Å². The molecule has 0 saturated heterocycles. The van der Waals surface area contributed by atoms with Gasteiger partial charge in [-0.25, -0.2) is 0 Å². The molecule has 0 radical (unpaired) electrons. The molecule has 0 aliphatic rings. The molecule has 0 saturated carbocycles. The van der Waals surface area contributed by atoms with E-state index in [0.29, 0.717) is 6.42 Å². The van der Waals surface area contributed by atoms with Gasteiger partial charge in [0.1, 0.15) is 0 Å². The summed E-state index contributed by atoms with van der Waals surface area (Å²) in [6, 6.07) is 21.7. The summed E-state index contributed by atoms with van der Waals surface area (Å²) in [7, 11) is 0. The molecule has 3 rings (SSSR count). The smallest absolute Gasteiger partial charge is 0.225 e. The lowest BCUT2D eigenvalue weighted by Crippen LogP contribution is -2.30. The third-order valence-corrected chi connectivity index (χ3v) is 4.09. The summed E-state index contributed by atoms with van der Waals surface area (Å²) in [5.41, 5.74) is 4.26.